The van der Waals surface area contributed by atoms with Crippen LogP contribution in [-0.2, 0) is 32.5 Å². The highest BCUT2D eigenvalue weighted by molar-refractivity contribution is 5.89. The van der Waals surface area contributed by atoms with Crippen molar-refractivity contribution in [3.63, 3.8) is 0 Å². The number of hydrogen-bond acceptors (Lipinski definition) is 8. The number of carbonyl (C=O) groups is 2. The molecule has 1 unspecified atom stereocenters. The predicted octanol–water partition coefficient (Wildman–Crippen LogP) is 10.7. The van der Waals surface area contributed by atoms with Crippen molar-refractivity contribution in [3.8, 4) is 34.5 Å². The van der Waals surface area contributed by atoms with Crippen molar-refractivity contribution in [2.45, 2.75) is 51.2 Å². The summed E-state index contributed by atoms with van der Waals surface area (Å²) in [6, 6.07) is 37.8. The second kappa shape index (κ2) is 19.9. The summed E-state index contributed by atoms with van der Waals surface area (Å²) in [5.74, 6) is 3.32. The summed E-state index contributed by atoms with van der Waals surface area (Å²) in [5.41, 5.74) is 10.8. The average Bonchev–Trinajstić information content (AvgIpc) is 3.92. The molecule has 0 saturated heterocycles. The summed E-state index contributed by atoms with van der Waals surface area (Å²) in [6.45, 7) is 0.771. The molecular formula is C52H50O10. The minimum Gasteiger partial charge on any atom is -0.497 e. The van der Waals surface area contributed by atoms with E-state index >= 15 is 0 Å². The highest BCUT2D eigenvalue weighted by Gasteiger charge is 2.27. The van der Waals surface area contributed by atoms with Gasteiger partial charge in [-0.15, -0.1) is 0 Å². The Hall–Kier alpha value is -7.20. The minimum atomic E-state index is -0.933. The number of aromatic carboxylic acids is 2. The van der Waals surface area contributed by atoms with Crippen LogP contribution in [0.5, 0.6) is 34.5 Å². The number of carboxylic acids is 2. The molecular weight excluding hydrogens is 785 g/mol. The fourth-order valence-corrected chi connectivity index (χ4v) is 8.08. The number of allylic oxidation sites excluding steroid dienone is 1. The molecule has 0 bridgehead atoms. The van der Waals surface area contributed by atoms with Gasteiger partial charge in [0.15, 0.2) is 0 Å². The fraction of sp³-hybridized carbons (Fsp3) is 0.231. The Labute approximate surface area is 361 Å². The molecule has 10 heteroatoms. The van der Waals surface area contributed by atoms with E-state index in [4.69, 9.17) is 38.6 Å². The van der Waals surface area contributed by atoms with Gasteiger partial charge in [-0.2, -0.15) is 0 Å². The van der Waals surface area contributed by atoms with E-state index in [0.29, 0.717) is 19.1 Å². The third-order valence-corrected chi connectivity index (χ3v) is 11.2. The van der Waals surface area contributed by atoms with E-state index in [1.807, 2.05) is 48.5 Å². The first-order valence-corrected chi connectivity index (χ1v) is 20.4. The van der Waals surface area contributed by atoms with Crippen LogP contribution in [0, 0.1) is 0 Å². The van der Waals surface area contributed by atoms with Crippen molar-refractivity contribution < 1.29 is 48.2 Å². The largest absolute Gasteiger partial charge is 0.497 e. The van der Waals surface area contributed by atoms with Crippen molar-refractivity contribution in [1.82, 2.24) is 0 Å². The second-order valence-corrected chi connectivity index (χ2v) is 15.2. The van der Waals surface area contributed by atoms with Crippen LogP contribution in [0.3, 0.4) is 0 Å². The van der Waals surface area contributed by atoms with Crippen LogP contribution >= 0.6 is 0 Å². The molecule has 2 aliphatic carbocycles. The van der Waals surface area contributed by atoms with Crippen LogP contribution in [0.15, 0.2) is 121 Å². The smallest absolute Gasteiger partial charge is 0.335 e. The quantitative estimate of drug-likeness (QED) is 0.103. The number of carboxylic acid groups (broad SMARTS) is 2. The maximum Gasteiger partial charge on any atom is 0.335 e. The molecule has 10 nitrogen and oxygen atoms in total. The van der Waals surface area contributed by atoms with E-state index in [0.717, 1.165) is 88.9 Å². The van der Waals surface area contributed by atoms with Crippen molar-refractivity contribution in [2.75, 3.05) is 28.4 Å². The summed E-state index contributed by atoms with van der Waals surface area (Å²) in [7, 11) is 6.62. The van der Waals surface area contributed by atoms with Gasteiger partial charge in [0.25, 0.3) is 0 Å². The first kappa shape index (κ1) is 42.9. The lowest BCUT2D eigenvalue weighted by Gasteiger charge is -2.18. The molecule has 318 valence electrons. The summed E-state index contributed by atoms with van der Waals surface area (Å²) in [5, 5.41) is 18.1. The summed E-state index contributed by atoms with van der Waals surface area (Å²) < 4.78 is 34.0. The zero-order valence-corrected chi connectivity index (χ0v) is 35.3. The zero-order chi connectivity index (χ0) is 43.6. The normalized spacial score (nSPS) is 14.2. The zero-order valence-electron chi connectivity index (χ0n) is 35.3. The number of ether oxygens (including phenoxy) is 6. The first-order chi connectivity index (χ1) is 30.1. The van der Waals surface area contributed by atoms with Crippen molar-refractivity contribution in [1.29, 1.82) is 0 Å². The molecule has 0 amide bonds. The van der Waals surface area contributed by atoms with Crippen LogP contribution < -0.4 is 28.4 Å². The topological polar surface area (TPSA) is 130 Å². The van der Waals surface area contributed by atoms with E-state index in [1.54, 1.807) is 77.0 Å². The summed E-state index contributed by atoms with van der Waals surface area (Å²) in [4.78, 5) is 22.1. The van der Waals surface area contributed by atoms with Crippen LogP contribution in [0.1, 0.15) is 84.0 Å². The highest BCUT2D eigenvalue weighted by Crippen LogP contribution is 2.43. The number of aryl methyl sites for hydroxylation is 2. The van der Waals surface area contributed by atoms with Gasteiger partial charge in [-0.25, -0.2) is 9.59 Å². The SMILES string of the molecule is COc1cc(/C=C2\CCc3cccc(OCc4ccc(C(=O)O)cc4)c32)cc(OC)c1.COc1cc(CC2CCc3cccc(OCc4ccc(C(=O)O)cc4)c32)cc(OC)c1. The minimum absolute atomic E-state index is 0.267. The molecule has 8 rings (SSSR count). The Bertz CT molecular complexity index is 2510. The Kier molecular flexibility index (Phi) is 13.8. The number of fused-ring (bicyclic) bond motifs is 2. The molecule has 6 aromatic carbocycles. The molecule has 6 aromatic rings. The van der Waals surface area contributed by atoms with E-state index in [2.05, 4.69) is 30.3 Å². The van der Waals surface area contributed by atoms with Gasteiger partial charge in [-0.3, -0.25) is 0 Å². The summed E-state index contributed by atoms with van der Waals surface area (Å²) >= 11 is 0. The molecule has 62 heavy (non-hydrogen) atoms. The van der Waals surface area contributed by atoms with Gasteiger partial charge in [0.05, 0.1) is 39.6 Å². The Balaban J connectivity index is 0.000000186. The molecule has 0 radical (unpaired) electrons. The summed E-state index contributed by atoms with van der Waals surface area (Å²) in [6.07, 6.45) is 7.04. The molecule has 0 aliphatic heterocycles. The average molecular weight is 835 g/mol. The lowest BCUT2D eigenvalue weighted by Crippen LogP contribution is -2.04. The van der Waals surface area contributed by atoms with E-state index in [1.165, 1.54) is 27.8 Å². The van der Waals surface area contributed by atoms with E-state index in [-0.39, 0.29) is 11.1 Å². The number of rotatable bonds is 15. The molecule has 2 N–H and O–H groups in total. The predicted molar refractivity (Wildman–Crippen MR) is 238 cm³/mol. The molecule has 0 aromatic heterocycles. The molecule has 1 atom stereocenters. The molecule has 2 aliphatic rings. The Morgan fingerprint density at radius 3 is 1.60 bits per heavy atom. The number of hydrogen-bond donors (Lipinski definition) is 2. The number of methoxy groups -OCH3 is 4. The van der Waals surface area contributed by atoms with Gasteiger partial charge in [0, 0.05) is 23.3 Å². The van der Waals surface area contributed by atoms with Crippen molar-refractivity contribution in [2.24, 2.45) is 0 Å². The van der Waals surface area contributed by atoms with Gasteiger partial charge in [0.1, 0.15) is 47.7 Å². The van der Waals surface area contributed by atoms with E-state index < -0.39 is 11.9 Å². The van der Waals surface area contributed by atoms with Gasteiger partial charge < -0.3 is 38.6 Å². The van der Waals surface area contributed by atoms with Crippen LogP contribution in [0.25, 0.3) is 11.6 Å². The van der Waals surface area contributed by atoms with E-state index in [9.17, 15) is 9.59 Å². The molecule has 0 saturated carbocycles. The molecule has 0 spiro atoms. The van der Waals surface area contributed by atoms with Crippen LogP contribution in [-0.4, -0.2) is 50.6 Å². The molecule has 0 heterocycles. The Morgan fingerprint density at radius 2 is 1.06 bits per heavy atom. The second-order valence-electron chi connectivity index (χ2n) is 15.2. The maximum atomic E-state index is 11.0. The van der Waals surface area contributed by atoms with Crippen LogP contribution in [0.4, 0.5) is 0 Å². The van der Waals surface area contributed by atoms with Crippen LogP contribution in [0.2, 0.25) is 0 Å². The first-order valence-electron chi connectivity index (χ1n) is 20.4. The lowest BCUT2D eigenvalue weighted by molar-refractivity contribution is 0.0686. The van der Waals surface area contributed by atoms with Gasteiger partial charge in [0.2, 0.25) is 0 Å². The third kappa shape index (κ3) is 10.4. The van der Waals surface area contributed by atoms with Gasteiger partial charge in [-0.05, 0) is 138 Å². The van der Waals surface area contributed by atoms with Crippen molar-refractivity contribution >= 4 is 23.6 Å². The van der Waals surface area contributed by atoms with Gasteiger partial charge >= 0.3 is 11.9 Å². The number of benzene rings is 6. The molecule has 0 fully saturated rings. The fourth-order valence-electron chi connectivity index (χ4n) is 8.08. The highest BCUT2D eigenvalue weighted by atomic mass is 16.5. The monoisotopic (exact) mass is 834 g/mol. The lowest BCUT2D eigenvalue weighted by atomic mass is 9.92. The maximum absolute atomic E-state index is 11.0. The van der Waals surface area contributed by atoms with Gasteiger partial charge in [-0.1, -0.05) is 54.6 Å². The standard InChI is InChI=1S/C26H26O5.C26H24O5/c2*1-29-22-13-18(14-23(15-22)30-2)12-21-11-10-19-4-3-5-24(25(19)21)31-16-17-6-8-20(9-7-17)26(27)28/h3-9,13-15,21H,10-12,16H2,1-2H3,(H,27,28);3-9,12-15H,10-11,16H2,1-2H3,(H,27,28)/b;21-12+. The third-order valence-electron chi connectivity index (χ3n) is 11.2. The Morgan fingerprint density at radius 1 is 0.565 bits per heavy atom. The van der Waals surface area contributed by atoms with Crippen molar-refractivity contribution in [3.05, 3.63) is 177 Å².